The summed E-state index contributed by atoms with van der Waals surface area (Å²) in [7, 11) is 0. The number of benzene rings is 2. The monoisotopic (exact) mass is 337 g/mol. The summed E-state index contributed by atoms with van der Waals surface area (Å²) in [6, 6.07) is 13.2. The molecule has 0 fully saturated rings. The van der Waals surface area contributed by atoms with Gasteiger partial charge in [0.25, 0.3) is 0 Å². The Morgan fingerprint density at radius 2 is 1.80 bits per heavy atom. The van der Waals surface area contributed by atoms with Crippen molar-refractivity contribution in [3.8, 4) is 5.75 Å². The van der Waals surface area contributed by atoms with Gasteiger partial charge in [-0.1, -0.05) is 30.3 Å². The van der Waals surface area contributed by atoms with Gasteiger partial charge in [0.15, 0.2) is 0 Å². The lowest BCUT2D eigenvalue weighted by Gasteiger charge is -2.13. The average molecular weight is 337 g/mol. The second-order valence-electron chi connectivity index (χ2n) is 5.88. The summed E-state index contributed by atoms with van der Waals surface area (Å²) in [5.74, 6) is -0.953. The Morgan fingerprint density at radius 1 is 1.08 bits per heavy atom. The number of ether oxygens (including phenoxy) is 1. The van der Waals surface area contributed by atoms with Gasteiger partial charge in [0, 0.05) is 22.9 Å². The molecule has 0 N–H and O–H groups in total. The number of carbonyl (C=O) groups excluding carboxylic acids is 1. The van der Waals surface area contributed by atoms with Crippen molar-refractivity contribution < 1.29 is 19.1 Å². The first kappa shape index (κ1) is 16.8. The molecular weight excluding hydrogens is 320 g/mol. The summed E-state index contributed by atoms with van der Waals surface area (Å²) in [4.78, 5) is 23.0. The van der Waals surface area contributed by atoms with E-state index in [-0.39, 0.29) is 0 Å². The van der Waals surface area contributed by atoms with E-state index in [1.807, 2.05) is 37.3 Å². The van der Waals surface area contributed by atoms with E-state index in [2.05, 4.69) is 0 Å². The van der Waals surface area contributed by atoms with Crippen molar-refractivity contribution in [2.45, 2.75) is 20.3 Å². The van der Waals surface area contributed by atoms with Crippen LogP contribution in [0.4, 0.5) is 0 Å². The standard InChI is InChI=1S/C20H18O5/c1-12-15-8-9-17(24-11-18(21)22)13(2)19(15)25-20(23)16(12)10-14-6-4-3-5-7-14/h3-9H,10-11H2,1-2H3,(H,21,22)/p-1. The lowest BCUT2D eigenvalue weighted by Crippen LogP contribution is -2.29. The van der Waals surface area contributed by atoms with E-state index >= 15 is 0 Å². The highest BCUT2D eigenvalue weighted by molar-refractivity contribution is 5.85. The molecule has 1 heterocycles. The number of carboxylic acid groups (broad SMARTS) is 1. The minimum Gasteiger partial charge on any atom is -0.546 e. The van der Waals surface area contributed by atoms with Crippen LogP contribution in [-0.4, -0.2) is 12.6 Å². The third-order valence-electron chi connectivity index (χ3n) is 4.22. The molecule has 0 spiro atoms. The Labute approximate surface area is 144 Å². The van der Waals surface area contributed by atoms with Crippen LogP contribution in [0.1, 0.15) is 22.3 Å². The second-order valence-corrected chi connectivity index (χ2v) is 5.88. The van der Waals surface area contributed by atoms with Crippen molar-refractivity contribution in [2.75, 3.05) is 6.61 Å². The largest absolute Gasteiger partial charge is 0.546 e. The van der Waals surface area contributed by atoms with Crippen LogP contribution < -0.4 is 15.5 Å². The van der Waals surface area contributed by atoms with Crippen LogP contribution in [-0.2, 0) is 11.2 Å². The van der Waals surface area contributed by atoms with Crippen molar-refractivity contribution >= 4 is 16.9 Å². The Bertz CT molecular complexity index is 986. The molecule has 0 atom stereocenters. The molecule has 0 amide bonds. The summed E-state index contributed by atoms with van der Waals surface area (Å²) in [5.41, 5.74) is 3.10. The molecule has 1 aromatic heterocycles. The van der Waals surface area contributed by atoms with Crippen LogP contribution in [0.5, 0.6) is 5.75 Å². The fraction of sp³-hybridized carbons (Fsp3) is 0.200. The fourth-order valence-electron chi connectivity index (χ4n) is 2.87. The molecule has 2 aromatic carbocycles. The maximum atomic E-state index is 12.5. The average Bonchev–Trinajstić information content (AvgIpc) is 2.59. The topological polar surface area (TPSA) is 79.6 Å². The highest BCUT2D eigenvalue weighted by atomic mass is 16.5. The van der Waals surface area contributed by atoms with Gasteiger partial charge in [0.05, 0.1) is 5.97 Å². The van der Waals surface area contributed by atoms with Gasteiger partial charge in [-0.15, -0.1) is 0 Å². The number of aryl methyl sites for hydroxylation is 2. The summed E-state index contributed by atoms with van der Waals surface area (Å²) in [6.07, 6.45) is 0.493. The Hall–Kier alpha value is -3.08. The van der Waals surface area contributed by atoms with E-state index in [4.69, 9.17) is 9.15 Å². The van der Waals surface area contributed by atoms with Gasteiger partial charge in [-0.25, -0.2) is 4.79 Å². The Morgan fingerprint density at radius 3 is 2.48 bits per heavy atom. The minimum atomic E-state index is -1.31. The lowest BCUT2D eigenvalue weighted by molar-refractivity contribution is -0.307. The van der Waals surface area contributed by atoms with Gasteiger partial charge in [-0.3, -0.25) is 0 Å². The number of carbonyl (C=O) groups is 1. The molecule has 0 aliphatic carbocycles. The molecule has 0 saturated heterocycles. The predicted molar refractivity (Wildman–Crippen MR) is 91.7 cm³/mol. The first-order chi connectivity index (χ1) is 12.0. The first-order valence-electron chi connectivity index (χ1n) is 7.90. The third-order valence-corrected chi connectivity index (χ3v) is 4.22. The van der Waals surface area contributed by atoms with Crippen LogP contribution in [0, 0.1) is 13.8 Å². The van der Waals surface area contributed by atoms with E-state index < -0.39 is 18.2 Å². The Kier molecular flexibility index (Phi) is 4.57. The molecule has 3 aromatic rings. The quantitative estimate of drug-likeness (QED) is 0.666. The second kappa shape index (κ2) is 6.81. The van der Waals surface area contributed by atoms with Crippen molar-refractivity contribution in [1.82, 2.24) is 0 Å². The van der Waals surface area contributed by atoms with Crippen molar-refractivity contribution in [1.29, 1.82) is 0 Å². The van der Waals surface area contributed by atoms with Gasteiger partial charge in [0.1, 0.15) is 17.9 Å². The summed E-state index contributed by atoms with van der Waals surface area (Å²) in [5, 5.41) is 11.4. The Balaban J connectivity index is 2.07. The molecule has 0 unspecified atom stereocenters. The van der Waals surface area contributed by atoms with Crippen molar-refractivity contribution in [2.24, 2.45) is 0 Å². The van der Waals surface area contributed by atoms with E-state index in [1.54, 1.807) is 19.1 Å². The molecule has 5 heteroatoms. The number of hydrogen-bond donors (Lipinski definition) is 0. The number of rotatable bonds is 5. The molecule has 128 valence electrons. The maximum absolute atomic E-state index is 12.5. The number of hydrogen-bond acceptors (Lipinski definition) is 5. The van der Waals surface area contributed by atoms with E-state index in [0.29, 0.717) is 28.9 Å². The molecule has 0 bridgehead atoms. The van der Waals surface area contributed by atoms with E-state index in [0.717, 1.165) is 16.5 Å². The summed E-state index contributed by atoms with van der Waals surface area (Å²) < 4.78 is 10.7. The summed E-state index contributed by atoms with van der Waals surface area (Å²) >= 11 is 0. The normalized spacial score (nSPS) is 10.8. The molecule has 0 aliphatic heterocycles. The first-order valence-corrected chi connectivity index (χ1v) is 7.90. The zero-order valence-electron chi connectivity index (χ0n) is 14.0. The SMILES string of the molecule is Cc1c(Cc2ccccc2)c(=O)oc2c(C)c(OCC(=O)[O-])ccc12. The van der Waals surface area contributed by atoms with Crippen LogP contribution in [0.15, 0.2) is 51.7 Å². The van der Waals surface area contributed by atoms with Crippen molar-refractivity contribution in [3.05, 3.63) is 75.1 Å². The molecule has 5 nitrogen and oxygen atoms in total. The molecule has 25 heavy (non-hydrogen) atoms. The van der Waals surface area contributed by atoms with Gasteiger partial charge in [-0.05, 0) is 37.1 Å². The van der Waals surface area contributed by atoms with Crippen molar-refractivity contribution in [3.63, 3.8) is 0 Å². The number of aliphatic carboxylic acids is 1. The lowest BCUT2D eigenvalue weighted by atomic mass is 9.98. The molecular formula is C20H17O5-. The van der Waals surface area contributed by atoms with E-state index in [1.165, 1.54) is 0 Å². The molecule has 3 rings (SSSR count). The van der Waals surface area contributed by atoms with Crippen LogP contribution in [0.3, 0.4) is 0 Å². The van der Waals surface area contributed by atoms with Gasteiger partial charge in [0.2, 0.25) is 0 Å². The highest BCUT2D eigenvalue weighted by Crippen LogP contribution is 2.29. The third kappa shape index (κ3) is 3.40. The minimum absolute atomic E-state index is 0.357. The van der Waals surface area contributed by atoms with Gasteiger partial charge >= 0.3 is 5.63 Å². The van der Waals surface area contributed by atoms with Crippen LogP contribution in [0.25, 0.3) is 11.0 Å². The van der Waals surface area contributed by atoms with E-state index in [9.17, 15) is 14.7 Å². The fourth-order valence-corrected chi connectivity index (χ4v) is 2.87. The van der Waals surface area contributed by atoms with Gasteiger partial charge < -0.3 is 19.1 Å². The molecule has 0 aliphatic rings. The molecule has 0 radical (unpaired) electrons. The summed E-state index contributed by atoms with van der Waals surface area (Å²) in [6.45, 7) is 3.06. The zero-order chi connectivity index (χ0) is 18.0. The van der Waals surface area contributed by atoms with Crippen LogP contribution in [0.2, 0.25) is 0 Å². The van der Waals surface area contributed by atoms with Crippen LogP contribution >= 0.6 is 0 Å². The molecule has 0 saturated carbocycles. The zero-order valence-corrected chi connectivity index (χ0v) is 14.0. The maximum Gasteiger partial charge on any atom is 0.340 e. The predicted octanol–water partition coefficient (Wildman–Crippen LogP) is 2.13. The number of carboxylic acids is 1. The highest BCUT2D eigenvalue weighted by Gasteiger charge is 2.15. The smallest absolute Gasteiger partial charge is 0.340 e. The van der Waals surface area contributed by atoms with Gasteiger partial charge in [-0.2, -0.15) is 0 Å². The number of fused-ring (bicyclic) bond motifs is 1.